The third-order valence-electron chi connectivity index (χ3n) is 2.34. The zero-order valence-corrected chi connectivity index (χ0v) is 10.6. The van der Waals surface area contributed by atoms with Crippen molar-refractivity contribution in [3.05, 3.63) is 22.6 Å². The van der Waals surface area contributed by atoms with E-state index < -0.39 is 0 Å². The third kappa shape index (κ3) is 2.11. The summed E-state index contributed by atoms with van der Waals surface area (Å²) in [6.45, 7) is 2.10. The molecule has 6 heteroatoms. The number of hydrogen-bond donors (Lipinski definition) is 1. The summed E-state index contributed by atoms with van der Waals surface area (Å²) in [7, 11) is 1.92. The number of nitrogens with zero attached hydrogens (tertiary/aromatic N) is 2. The number of nitrogens with one attached hydrogen (secondary N) is 1. The van der Waals surface area contributed by atoms with E-state index in [9.17, 15) is 0 Å². The minimum atomic E-state index is 0.247. The van der Waals surface area contributed by atoms with E-state index in [-0.39, 0.29) is 6.04 Å². The topological polar surface area (TPSA) is 51.0 Å². The minimum absolute atomic E-state index is 0.247. The van der Waals surface area contributed by atoms with Crippen LogP contribution < -0.4 is 5.32 Å². The quantitative estimate of drug-likeness (QED) is 0.914. The largest absolute Gasteiger partial charge is 0.452 e. The Morgan fingerprint density at radius 2 is 2.38 bits per heavy atom. The number of aromatic nitrogens is 2. The van der Waals surface area contributed by atoms with E-state index in [2.05, 4.69) is 22.4 Å². The fourth-order valence-electron chi connectivity index (χ4n) is 1.43. The molecule has 0 aromatic carbocycles. The fraction of sp³-hybridized carbons (Fsp3) is 0.400. The summed E-state index contributed by atoms with van der Waals surface area (Å²) in [5.74, 6) is 0. The van der Waals surface area contributed by atoms with Crippen molar-refractivity contribution in [2.24, 2.45) is 0 Å². The van der Waals surface area contributed by atoms with Crippen molar-refractivity contribution in [1.82, 2.24) is 15.5 Å². The molecule has 1 N–H and O–H groups in total. The van der Waals surface area contributed by atoms with E-state index in [1.807, 2.05) is 7.05 Å². The van der Waals surface area contributed by atoms with Crippen molar-refractivity contribution in [2.45, 2.75) is 19.4 Å². The van der Waals surface area contributed by atoms with Crippen LogP contribution in [0.2, 0.25) is 5.22 Å². The Morgan fingerprint density at radius 3 is 2.94 bits per heavy atom. The second kappa shape index (κ2) is 4.95. The molecule has 0 spiro atoms. The van der Waals surface area contributed by atoms with Crippen LogP contribution in [0.15, 0.2) is 16.7 Å². The Bertz CT molecular complexity index is 464. The predicted octanol–water partition coefficient (Wildman–Crippen LogP) is 3.12. The molecule has 0 aliphatic rings. The average molecular weight is 258 g/mol. The van der Waals surface area contributed by atoms with Gasteiger partial charge in [0.25, 0.3) is 0 Å². The Hall–Kier alpha value is -0.910. The summed E-state index contributed by atoms with van der Waals surface area (Å²) in [5.41, 5.74) is 0.802. The molecule has 4 nitrogen and oxygen atoms in total. The van der Waals surface area contributed by atoms with Gasteiger partial charge in [-0.15, -0.1) is 10.2 Å². The Labute approximate surface area is 103 Å². The maximum Gasteiger partial charge on any atom is 0.203 e. The summed E-state index contributed by atoms with van der Waals surface area (Å²) in [6, 6.07) is 2.05. The molecule has 0 bridgehead atoms. The van der Waals surface area contributed by atoms with Crippen molar-refractivity contribution in [2.75, 3.05) is 7.05 Å². The molecule has 0 radical (unpaired) electrons. The lowest BCUT2D eigenvalue weighted by Gasteiger charge is -2.07. The van der Waals surface area contributed by atoms with Gasteiger partial charge in [0.2, 0.25) is 5.22 Å². The van der Waals surface area contributed by atoms with Crippen LogP contribution in [-0.2, 0) is 0 Å². The molecule has 2 aromatic heterocycles. The van der Waals surface area contributed by atoms with Gasteiger partial charge >= 0.3 is 0 Å². The lowest BCUT2D eigenvalue weighted by atomic mass is 10.2. The number of halogens is 1. The zero-order chi connectivity index (χ0) is 11.5. The van der Waals surface area contributed by atoms with Gasteiger partial charge in [-0.05, 0) is 31.1 Å². The van der Waals surface area contributed by atoms with Gasteiger partial charge in [0, 0.05) is 0 Å². The summed E-state index contributed by atoms with van der Waals surface area (Å²) in [4.78, 5) is 0. The zero-order valence-electron chi connectivity index (χ0n) is 9.03. The molecule has 2 rings (SSSR count). The molecule has 86 valence electrons. The molecule has 0 fully saturated rings. The number of furan rings is 1. The van der Waals surface area contributed by atoms with Gasteiger partial charge in [-0.1, -0.05) is 18.3 Å². The van der Waals surface area contributed by atoms with Crippen LogP contribution in [0.4, 0.5) is 0 Å². The first-order valence-electron chi connectivity index (χ1n) is 5.00. The maximum atomic E-state index is 5.89. The molecule has 16 heavy (non-hydrogen) atoms. The van der Waals surface area contributed by atoms with Gasteiger partial charge in [-0.3, -0.25) is 0 Å². The van der Waals surface area contributed by atoms with Crippen molar-refractivity contribution < 1.29 is 4.42 Å². The molecule has 2 heterocycles. The van der Waals surface area contributed by atoms with E-state index in [0.29, 0.717) is 5.22 Å². The number of rotatable bonds is 4. The van der Waals surface area contributed by atoms with Crippen LogP contribution in [0, 0.1) is 0 Å². The van der Waals surface area contributed by atoms with E-state index >= 15 is 0 Å². The minimum Gasteiger partial charge on any atom is -0.452 e. The summed E-state index contributed by atoms with van der Waals surface area (Å²) in [6.07, 6.45) is 2.53. The molecule has 2 aromatic rings. The van der Waals surface area contributed by atoms with Crippen molar-refractivity contribution >= 4 is 22.9 Å². The highest BCUT2D eigenvalue weighted by Crippen LogP contribution is 2.32. The van der Waals surface area contributed by atoms with Gasteiger partial charge in [0.1, 0.15) is 5.01 Å². The van der Waals surface area contributed by atoms with Crippen molar-refractivity contribution in [3.8, 4) is 10.6 Å². The lowest BCUT2D eigenvalue weighted by molar-refractivity contribution is 0.568. The van der Waals surface area contributed by atoms with Crippen LogP contribution >= 0.6 is 22.9 Å². The van der Waals surface area contributed by atoms with E-state index in [0.717, 1.165) is 22.0 Å². The number of hydrogen-bond acceptors (Lipinski definition) is 5. The first kappa shape index (κ1) is 11.6. The van der Waals surface area contributed by atoms with E-state index in [4.69, 9.17) is 16.0 Å². The summed E-state index contributed by atoms with van der Waals surface area (Å²) >= 11 is 7.42. The molecule has 1 atom stereocenters. The molecule has 0 saturated heterocycles. The second-order valence-electron chi connectivity index (χ2n) is 3.30. The molecule has 0 amide bonds. The lowest BCUT2D eigenvalue weighted by Crippen LogP contribution is -2.14. The molecular weight excluding hydrogens is 246 g/mol. The fourth-order valence-corrected chi connectivity index (χ4v) is 2.75. The van der Waals surface area contributed by atoms with Crippen LogP contribution in [0.25, 0.3) is 10.6 Å². The predicted molar refractivity (Wildman–Crippen MR) is 64.7 cm³/mol. The molecule has 0 aliphatic carbocycles. The van der Waals surface area contributed by atoms with Crippen molar-refractivity contribution in [3.63, 3.8) is 0 Å². The van der Waals surface area contributed by atoms with Gasteiger partial charge in [0.05, 0.1) is 17.9 Å². The molecular formula is C10H12ClN3OS. The van der Waals surface area contributed by atoms with Gasteiger partial charge in [0.15, 0.2) is 5.01 Å². The van der Waals surface area contributed by atoms with Crippen molar-refractivity contribution in [1.29, 1.82) is 0 Å². The molecule has 0 aliphatic heterocycles. The average Bonchev–Trinajstić information content (AvgIpc) is 2.89. The second-order valence-corrected chi connectivity index (χ2v) is 4.66. The summed E-state index contributed by atoms with van der Waals surface area (Å²) in [5, 5.41) is 13.6. The first-order chi connectivity index (χ1) is 7.76. The Kier molecular flexibility index (Phi) is 3.58. The van der Waals surface area contributed by atoms with Crippen LogP contribution in [0.1, 0.15) is 24.4 Å². The van der Waals surface area contributed by atoms with Crippen LogP contribution in [0.3, 0.4) is 0 Å². The highest BCUT2D eigenvalue weighted by atomic mass is 35.5. The molecule has 0 saturated carbocycles. The van der Waals surface area contributed by atoms with Gasteiger partial charge in [-0.25, -0.2) is 0 Å². The van der Waals surface area contributed by atoms with Gasteiger partial charge in [-0.2, -0.15) is 0 Å². The maximum absolute atomic E-state index is 5.89. The highest BCUT2D eigenvalue weighted by molar-refractivity contribution is 7.14. The van der Waals surface area contributed by atoms with Crippen LogP contribution in [0.5, 0.6) is 0 Å². The monoisotopic (exact) mass is 257 g/mol. The Morgan fingerprint density at radius 1 is 1.56 bits per heavy atom. The third-order valence-corrected chi connectivity index (χ3v) is 3.71. The normalized spacial score (nSPS) is 12.9. The smallest absolute Gasteiger partial charge is 0.203 e. The van der Waals surface area contributed by atoms with E-state index in [1.165, 1.54) is 11.3 Å². The Balaban J connectivity index is 2.29. The standard InChI is InChI=1S/C10H12ClN3OS/c1-3-7(12-2)10-14-13-9(16-10)6-4-5-15-8(6)11/h4-5,7,12H,3H2,1-2H3. The first-order valence-corrected chi connectivity index (χ1v) is 6.19. The van der Waals surface area contributed by atoms with E-state index in [1.54, 1.807) is 12.3 Å². The van der Waals surface area contributed by atoms with Gasteiger partial charge < -0.3 is 9.73 Å². The highest BCUT2D eigenvalue weighted by Gasteiger charge is 2.16. The van der Waals surface area contributed by atoms with Crippen LogP contribution in [-0.4, -0.2) is 17.2 Å². The molecule has 1 unspecified atom stereocenters. The SMILES string of the molecule is CCC(NC)c1nnc(-c2ccoc2Cl)s1. The summed E-state index contributed by atoms with van der Waals surface area (Å²) < 4.78 is 5.03.